The molecule has 12 rings (SSSR count). The van der Waals surface area contributed by atoms with E-state index in [1.807, 2.05) is 17.4 Å². The monoisotopic (exact) mass is 702 g/mol. The Bertz CT molecular complexity index is 3440. The Morgan fingerprint density at radius 3 is 1.65 bits per heavy atom. The predicted octanol–water partition coefficient (Wildman–Crippen LogP) is 15.6. The second kappa shape index (κ2) is 11.4. The van der Waals surface area contributed by atoms with Crippen LogP contribution in [0.1, 0.15) is 0 Å². The van der Waals surface area contributed by atoms with Crippen LogP contribution in [0.2, 0.25) is 0 Å². The minimum Gasteiger partial charge on any atom is -0.455 e. The van der Waals surface area contributed by atoms with Crippen LogP contribution in [0.4, 0.5) is 0 Å². The van der Waals surface area contributed by atoms with E-state index in [4.69, 9.17) is 4.42 Å². The van der Waals surface area contributed by atoms with Crippen LogP contribution in [0.5, 0.6) is 0 Å². The molecule has 0 amide bonds. The van der Waals surface area contributed by atoms with E-state index in [1.54, 1.807) is 0 Å². The zero-order valence-corrected chi connectivity index (χ0v) is 30.0. The maximum absolute atomic E-state index is 6.59. The van der Waals surface area contributed by atoms with E-state index in [0.717, 1.165) is 16.6 Å². The Hall–Kier alpha value is -6.74. The average Bonchev–Trinajstić information content (AvgIpc) is 3.81. The lowest BCUT2D eigenvalue weighted by Gasteiger charge is -2.19. The summed E-state index contributed by atoms with van der Waals surface area (Å²) in [5.74, 6) is 0. The van der Waals surface area contributed by atoms with Gasteiger partial charge in [0.25, 0.3) is 0 Å². The first kappa shape index (κ1) is 29.8. The SMILES string of the molecule is c1ccc(-c2ccc(-c3c4ccccc4c(-c4ccc5c(c4)sc4ccc6ccc7c8ccccc8oc7c6c45)c4ccccc34)c3ccccc23)cc1. The van der Waals surface area contributed by atoms with Crippen LogP contribution in [0.15, 0.2) is 186 Å². The van der Waals surface area contributed by atoms with Gasteiger partial charge in [-0.2, -0.15) is 0 Å². The maximum atomic E-state index is 6.59. The summed E-state index contributed by atoms with van der Waals surface area (Å²) in [6.45, 7) is 0. The summed E-state index contributed by atoms with van der Waals surface area (Å²) in [6, 6.07) is 66.7. The van der Waals surface area contributed by atoms with Crippen molar-refractivity contribution in [3.05, 3.63) is 182 Å². The maximum Gasteiger partial charge on any atom is 0.143 e. The molecule has 0 aliphatic rings. The number of para-hydroxylation sites is 1. The first-order valence-corrected chi connectivity index (χ1v) is 19.3. The second-order valence-corrected chi connectivity index (χ2v) is 15.4. The zero-order valence-electron chi connectivity index (χ0n) is 29.1. The summed E-state index contributed by atoms with van der Waals surface area (Å²) in [5.41, 5.74) is 9.44. The molecule has 0 fully saturated rings. The van der Waals surface area contributed by atoms with Crippen molar-refractivity contribution in [2.75, 3.05) is 0 Å². The molecule has 0 saturated heterocycles. The van der Waals surface area contributed by atoms with Gasteiger partial charge in [0.2, 0.25) is 0 Å². The van der Waals surface area contributed by atoms with Crippen LogP contribution < -0.4 is 0 Å². The van der Waals surface area contributed by atoms with E-state index in [0.29, 0.717) is 0 Å². The molecular weight excluding hydrogens is 673 g/mol. The number of benzene rings is 10. The number of rotatable bonds is 3. The van der Waals surface area contributed by atoms with Crippen molar-refractivity contribution in [2.45, 2.75) is 0 Å². The van der Waals surface area contributed by atoms with Crippen molar-refractivity contribution >= 4 is 96.5 Å². The van der Waals surface area contributed by atoms with Gasteiger partial charge in [-0.3, -0.25) is 0 Å². The molecule has 0 aliphatic carbocycles. The van der Waals surface area contributed by atoms with Gasteiger partial charge < -0.3 is 4.42 Å². The molecule has 2 heterocycles. The first-order chi connectivity index (χ1) is 26.8. The van der Waals surface area contributed by atoms with Gasteiger partial charge in [-0.15, -0.1) is 11.3 Å². The van der Waals surface area contributed by atoms with Crippen LogP contribution >= 0.6 is 11.3 Å². The van der Waals surface area contributed by atoms with E-state index in [2.05, 4.69) is 176 Å². The Kier molecular flexibility index (Phi) is 6.28. The van der Waals surface area contributed by atoms with Crippen molar-refractivity contribution in [1.82, 2.24) is 0 Å². The molecule has 0 N–H and O–H groups in total. The molecule has 2 heteroatoms. The third kappa shape index (κ3) is 4.20. The second-order valence-electron chi connectivity index (χ2n) is 14.3. The van der Waals surface area contributed by atoms with E-state index >= 15 is 0 Å². The van der Waals surface area contributed by atoms with Gasteiger partial charge in [0.15, 0.2) is 0 Å². The van der Waals surface area contributed by atoms with Gasteiger partial charge >= 0.3 is 0 Å². The summed E-state index contributed by atoms with van der Waals surface area (Å²) in [4.78, 5) is 0. The Morgan fingerprint density at radius 1 is 0.333 bits per heavy atom. The quantitative estimate of drug-likeness (QED) is 0.167. The van der Waals surface area contributed by atoms with Crippen molar-refractivity contribution < 1.29 is 4.42 Å². The number of fused-ring (bicyclic) bond motifs is 12. The molecule has 54 heavy (non-hydrogen) atoms. The molecule has 0 bridgehead atoms. The summed E-state index contributed by atoms with van der Waals surface area (Å²) >= 11 is 1.87. The lowest BCUT2D eigenvalue weighted by molar-refractivity contribution is 0.673. The van der Waals surface area contributed by atoms with Gasteiger partial charge in [0, 0.05) is 36.3 Å². The summed E-state index contributed by atoms with van der Waals surface area (Å²) in [7, 11) is 0. The molecule has 0 aliphatic heterocycles. The van der Waals surface area contributed by atoms with E-state index in [9.17, 15) is 0 Å². The molecule has 10 aromatic carbocycles. The van der Waals surface area contributed by atoms with Gasteiger partial charge in [0.1, 0.15) is 11.2 Å². The third-order valence-corrected chi connectivity index (χ3v) is 12.6. The van der Waals surface area contributed by atoms with Gasteiger partial charge in [-0.25, -0.2) is 0 Å². The molecule has 0 unspecified atom stereocenters. The fourth-order valence-corrected chi connectivity index (χ4v) is 10.3. The number of hydrogen-bond donors (Lipinski definition) is 0. The zero-order chi connectivity index (χ0) is 35.3. The summed E-state index contributed by atoms with van der Waals surface area (Å²) < 4.78 is 9.15. The number of thiophene rings is 1. The predicted molar refractivity (Wildman–Crippen MR) is 233 cm³/mol. The fourth-order valence-electron chi connectivity index (χ4n) is 9.13. The molecular formula is C52H30OS. The highest BCUT2D eigenvalue weighted by molar-refractivity contribution is 7.26. The van der Waals surface area contributed by atoms with Crippen LogP contribution in [-0.2, 0) is 0 Å². The third-order valence-electron chi connectivity index (χ3n) is 11.5. The minimum absolute atomic E-state index is 0.932. The molecule has 250 valence electrons. The highest BCUT2D eigenvalue weighted by Crippen LogP contribution is 2.49. The molecule has 0 saturated carbocycles. The lowest BCUT2D eigenvalue weighted by Crippen LogP contribution is -1.92. The van der Waals surface area contributed by atoms with Gasteiger partial charge in [-0.1, -0.05) is 158 Å². The fraction of sp³-hybridized carbons (Fsp3) is 0. The van der Waals surface area contributed by atoms with E-state index < -0.39 is 0 Å². The molecule has 12 aromatic rings. The van der Waals surface area contributed by atoms with Crippen molar-refractivity contribution in [2.24, 2.45) is 0 Å². The van der Waals surface area contributed by atoms with Crippen LogP contribution in [0.25, 0.3) is 119 Å². The smallest absolute Gasteiger partial charge is 0.143 e. The highest BCUT2D eigenvalue weighted by atomic mass is 32.1. The normalized spacial score (nSPS) is 12.1. The average molecular weight is 703 g/mol. The number of hydrogen-bond acceptors (Lipinski definition) is 2. The van der Waals surface area contributed by atoms with Gasteiger partial charge in [-0.05, 0) is 95.3 Å². The standard InChI is InChI=1S/C52H30OS/c1-2-12-31(13-3-1)34-27-28-42(36-15-5-4-14-35(34)36)50-40-19-8-6-17-38(40)48(39-18-7-9-20-41(39)50)33-23-26-44-47(30-33)54-46-29-24-32-22-25-43-37-16-10-11-21-45(37)53-52(43)49(32)51(44)46/h1-30H. The van der Waals surface area contributed by atoms with Crippen LogP contribution in [-0.4, -0.2) is 0 Å². The van der Waals surface area contributed by atoms with E-state index in [1.165, 1.54) is 102 Å². The Balaban J connectivity index is 1.12. The lowest BCUT2D eigenvalue weighted by atomic mass is 9.83. The van der Waals surface area contributed by atoms with Crippen LogP contribution in [0.3, 0.4) is 0 Å². The summed E-state index contributed by atoms with van der Waals surface area (Å²) in [5, 5.41) is 14.9. The Labute approximate surface area is 314 Å². The first-order valence-electron chi connectivity index (χ1n) is 18.5. The van der Waals surface area contributed by atoms with E-state index in [-0.39, 0.29) is 0 Å². The highest BCUT2D eigenvalue weighted by Gasteiger charge is 2.21. The molecule has 0 radical (unpaired) electrons. The van der Waals surface area contributed by atoms with Crippen LogP contribution in [0, 0.1) is 0 Å². The summed E-state index contributed by atoms with van der Waals surface area (Å²) in [6.07, 6.45) is 0. The minimum atomic E-state index is 0.932. The molecule has 2 aromatic heterocycles. The van der Waals surface area contributed by atoms with Crippen molar-refractivity contribution in [3.63, 3.8) is 0 Å². The number of furan rings is 1. The van der Waals surface area contributed by atoms with Gasteiger partial charge in [0.05, 0.1) is 0 Å². The largest absolute Gasteiger partial charge is 0.455 e. The molecule has 1 nitrogen and oxygen atoms in total. The van der Waals surface area contributed by atoms with Crippen molar-refractivity contribution in [3.8, 4) is 33.4 Å². The van der Waals surface area contributed by atoms with Crippen molar-refractivity contribution in [1.29, 1.82) is 0 Å². The molecule has 0 atom stereocenters. The topological polar surface area (TPSA) is 13.1 Å². The Morgan fingerprint density at radius 2 is 0.907 bits per heavy atom. The molecule has 0 spiro atoms.